The Morgan fingerprint density at radius 1 is 1.16 bits per heavy atom. The van der Waals surface area contributed by atoms with Gasteiger partial charge in [0.15, 0.2) is 11.2 Å². The number of imidazole rings is 1. The first kappa shape index (κ1) is 16.7. The molecule has 0 aliphatic heterocycles. The molecule has 0 amide bonds. The Kier molecular flexibility index (Phi) is 4.26. The summed E-state index contributed by atoms with van der Waals surface area (Å²) in [7, 11) is 3.31. The molecule has 3 rings (SSSR count). The third-order valence-electron chi connectivity index (χ3n) is 4.13. The van der Waals surface area contributed by atoms with Crippen molar-refractivity contribution in [2.45, 2.75) is 20.4 Å². The van der Waals surface area contributed by atoms with Gasteiger partial charge in [0.2, 0.25) is 5.95 Å². The Labute approximate surface area is 144 Å². The van der Waals surface area contributed by atoms with Gasteiger partial charge in [0, 0.05) is 20.6 Å². The van der Waals surface area contributed by atoms with Gasteiger partial charge in [-0.2, -0.15) is 10.1 Å². The van der Waals surface area contributed by atoms with E-state index in [-0.39, 0.29) is 11.2 Å². The molecular weight excluding hydrogens is 320 g/mol. The predicted octanol–water partition coefficient (Wildman–Crippen LogP) is 1.21. The molecule has 0 radical (unpaired) electrons. The molecule has 0 fully saturated rings. The van der Waals surface area contributed by atoms with Crippen LogP contribution in [0.4, 0.5) is 5.95 Å². The fourth-order valence-corrected chi connectivity index (χ4v) is 2.64. The molecule has 8 heteroatoms. The van der Waals surface area contributed by atoms with Crippen LogP contribution in [0.5, 0.6) is 0 Å². The van der Waals surface area contributed by atoms with Crippen LogP contribution in [0, 0.1) is 6.92 Å². The summed E-state index contributed by atoms with van der Waals surface area (Å²) in [4.78, 5) is 29.1. The lowest BCUT2D eigenvalue weighted by molar-refractivity contribution is 0.635. The van der Waals surface area contributed by atoms with Crippen LogP contribution in [-0.2, 0) is 20.6 Å². The summed E-state index contributed by atoms with van der Waals surface area (Å²) in [5.74, 6) is 0.388. The van der Waals surface area contributed by atoms with Crippen molar-refractivity contribution in [1.29, 1.82) is 0 Å². The second kappa shape index (κ2) is 6.39. The fourth-order valence-electron chi connectivity index (χ4n) is 2.64. The normalized spacial score (nSPS) is 11.5. The van der Waals surface area contributed by atoms with E-state index in [1.807, 2.05) is 31.2 Å². The molecule has 3 aromatic rings. The number of anilines is 1. The highest BCUT2D eigenvalue weighted by molar-refractivity contribution is 5.80. The summed E-state index contributed by atoms with van der Waals surface area (Å²) in [5, 5.41) is 4.17. The lowest BCUT2D eigenvalue weighted by atomic mass is 10.2. The van der Waals surface area contributed by atoms with Crippen molar-refractivity contribution >= 4 is 23.3 Å². The number of hydrazone groups is 1. The number of aryl methyl sites for hydroxylation is 3. The fraction of sp³-hybridized carbons (Fsp3) is 0.294. The third-order valence-corrected chi connectivity index (χ3v) is 4.13. The number of nitrogens with zero attached hydrogens (tertiary/aromatic N) is 5. The molecule has 2 aromatic heterocycles. The summed E-state index contributed by atoms with van der Waals surface area (Å²) in [6, 6.07) is 7.91. The highest BCUT2D eigenvalue weighted by Gasteiger charge is 2.17. The predicted molar refractivity (Wildman–Crippen MR) is 98.3 cm³/mol. The Balaban J connectivity index is 2.01. The Bertz CT molecular complexity index is 1070. The van der Waals surface area contributed by atoms with Crippen LogP contribution in [0.1, 0.15) is 18.1 Å². The maximum Gasteiger partial charge on any atom is 0.332 e. The van der Waals surface area contributed by atoms with E-state index >= 15 is 0 Å². The van der Waals surface area contributed by atoms with Gasteiger partial charge in [0.1, 0.15) is 0 Å². The molecule has 0 aliphatic rings. The largest absolute Gasteiger partial charge is 0.332 e. The SMILES string of the molecule is CCn1c(=O)c2c(nc(NN=Cc3ccc(C)cc3)n2C)n(C)c1=O. The zero-order chi connectivity index (χ0) is 18.1. The summed E-state index contributed by atoms with van der Waals surface area (Å²) in [6.45, 7) is 4.09. The van der Waals surface area contributed by atoms with Crippen molar-refractivity contribution < 1.29 is 0 Å². The number of hydrogen-bond acceptors (Lipinski definition) is 5. The summed E-state index contributed by atoms with van der Waals surface area (Å²) in [6.07, 6.45) is 1.67. The van der Waals surface area contributed by atoms with E-state index in [0.717, 1.165) is 5.56 Å². The molecule has 0 spiro atoms. The average molecular weight is 340 g/mol. The lowest BCUT2D eigenvalue weighted by Crippen LogP contribution is -2.39. The molecule has 0 aliphatic carbocycles. The average Bonchev–Trinajstić information content (AvgIpc) is 2.92. The minimum absolute atomic E-state index is 0.307. The number of benzene rings is 1. The van der Waals surface area contributed by atoms with Crippen LogP contribution in [0.15, 0.2) is 39.0 Å². The van der Waals surface area contributed by atoms with E-state index < -0.39 is 0 Å². The van der Waals surface area contributed by atoms with E-state index in [1.165, 1.54) is 14.7 Å². The lowest BCUT2D eigenvalue weighted by Gasteiger charge is -2.05. The van der Waals surface area contributed by atoms with Gasteiger partial charge in [0.25, 0.3) is 5.56 Å². The molecule has 0 atom stereocenters. The second-order valence-electron chi connectivity index (χ2n) is 5.84. The monoisotopic (exact) mass is 340 g/mol. The first-order valence-electron chi connectivity index (χ1n) is 7.96. The van der Waals surface area contributed by atoms with Gasteiger partial charge in [-0.05, 0) is 19.4 Å². The molecule has 0 unspecified atom stereocenters. The number of aromatic nitrogens is 4. The van der Waals surface area contributed by atoms with E-state index in [4.69, 9.17) is 0 Å². The Hall–Kier alpha value is -3.16. The minimum atomic E-state index is -0.382. The van der Waals surface area contributed by atoms with E-state index in [0.29, 0.717) is 23.7 Å². The van der Waals surface area contributed by atoms with Crippen LogP contribution >= 0.6 is 0 Å². The molecule has 1 aromatic carbocycles. The molecule has 1 N–H and O–H groups in total. The summed E-state index contributed by atoms with van der Waals surface area (Å²) >= 11 is 0. The maximum atomic E-state index is 12.5. The van der Waals surface area contributed by atoms with Crippen molar-refractivity contribution in [2.24, 2.45) is 19.2 Å². The molecular formula is C17H20N6O2. The third kappa shape index (κ3) is 2.86. The van der Waals surface area contributed by atoms with Crippen molar-refractivity contribution in [3.8, 4) is 0 Å². The molecule has 0 saturated carbocycles. The summed E-state index contributed by atoms with van der Waals surface area (Å²) in [5.41, 5.74) is 4.90. The van der Waals surface area contributed by atoms with Crippen LogP contribution in [0.2, 0.25) is 0 Å². The molecule has 8 nitrogen and oxygen atoms in total. The topological polar surface area (TPSA) is 86.2 Å². The zero-order valence-corrected chi connectivity index (χ0v) is 14.6. The minimum Gasteiger partial charge on any atom is -0.306 e. The quantitative estimate of drug-likeness (QED) is 0.571. The molecule has 130 valence electrons. The number of rotatable bonds is 4. The Morgan fingerprint density at radius 3 is 2.48 bits per heavy atom. The molecule has 0 bridgehead atoms. The van der Waals surface area contributed by atoms with Crippen molar-refractivity contribution in [1.82, 2.24) is 18.7 Å². The van der Waals surface area contributed by atoms with Gasteiger partial charge in [-0.15, -0.1) is 0 Å². The molecule has 2 heterocycles. The highest BCUT2D eigenvalue weighted by Crippen LogP contribution is 2.13. The van der Waals surface area contributed by atoms with Gasteiger partial charge < -0.3 is 4.57 Å². The number of fused-ring (bicyclic) bond motifs is 1. The summed E-state index contributed by atoms with van der Waals surface area (Å²) < 4.78 is 4.16. The van der Waals surface area contributed by atoms with Crippen LogP contribution in [0.25, 0.3) is 11.2 Å². The highest BCUT2D eigenvalue weighted by atomic mass is 16.2. The van der Waals surface area contributed by atoms with E-state index in [2.05, 4.69) is 15.5 Å². The standard InChI is InChI=1S/C17H20N6O2/c1-5-23-15(24)13-14(22(4)17(23)25)19-16(21(13)3)20-18-10-12-8-6-11(2)7-9-12/h6-10H,5H2,1-4H3,(H,19,20). The number of nitrogens with one attached hydrogen (secondary N) is 1. The van der Waals surface area contributed by atoms with E-state index in [9.17, 15) is 9.59 Å². The second-order valence-corrected chi connectivity index (χ2v) is 5.84. The first-order valence-corrected chi connectivity index (χ1v) is 7.96. The van der Waals surface area contributed by atoms with Crippen molar-refractivity contribution in [3.05, 3.63) is 56.2 Å². The first-order chi connectivity index (χ1) is 11.9. The van der Waals surface area contributed by atoms with Gasteiger partial charge >= 0.3 is 5.69 Å². The van der Waals surface area contributed by atoms with Gasteiger partial charge in [-0.1, -0.05) is 29.8 Å². The Morgan fingerprint density at radius 2 is 1.84 bits per heavy atom. The maximum absolute atomic E-state index is 12.5. The zero-order valence-electron chi connectivity index (χ0n) is 14.6. The van der Waals surface area contributed by atoms with Crippen LogP contribution in [-0.4, -0.2) is 24.9 Å². The smallest absolute Gasteiger partial charge is 0.306 e. The van der Waals surface area contributed by atoms with Gasteiger partial charge in [-0.25, -0.2) is 10.2 Å². The number of hydrogen-bond donors (Lipinski definition) is 1. The van der Waals surface area contributed by atoms with Crippen LogP contribution in [0.3, 0.4) is 0 Å². The molecule has 25 heavy (non-hydrogen) atoms. The van der Waals surface area contributed by atoms with Gasteiger partial charge in [0.05, 0.1) is 6.21 Å². The van der Waals surface area contributed by atoms with Crippen LogP contribution < -0.4 is 16.7 Å². The van der Waals surface area contributed by atoms with Gasteiger partial charge in [-0.3, -0.25) is 13.9 Å². The van der Waals surface area contributed by atoms with Crippen molar-refractivity contribution in [2.75, 3.05) is 5.43 Å². The molecule has 0 saturated heterocycles. The van der Waals surface area contributed by atoms with Crippen molar-refractivity contribution in [3.63, 3.8) is 0 Å². The van der Waals surface area contributed by atoms with E-state index in [1.54, 1.807) is 31.8 Å².